The molecule has 1 heterocycles. The van der Waals surface area contributed by atoms with Gasteiger partial charge in [-0.3, -0.25) is 5.32 Å². The van der Waals surface area contributed by atoms with Crippen LogP contribution in [0.25, 0.3) is 0 Å². The molecule has 1 aliphatic carbocycles. The smallest absolute Gasteiger partial charge is 0.240 e. The van der Waals surface area contributed by atoms with Gasteiger partial charge in [0.15, 0.2) is 5.82 Å². The Labute approximate surface area is 125 Å². The molecule has 0 radical (unpaired) electrons. The second-order valence-electron chi connectivity index (χ2n) is 5.47. The summed E-state index contributed by atoms with van der Waals surface area (Å²) < 4.78 is 5.38. The van der Waals surface area contributed by atoms with Crippen molar-refractivity contribution >= 4 is 0 Å². The van der Waals surface area contributed by atoms with E-state index in [1.54, 1.807) is 0 Å². The highest BCUT2D eigenvalue weighted by Gasteiger charge is 2.41. The van der Waals surface area contributed by atoms with Gasteiger partial charge in [0.25, 0.3) is 0 Å². The lowest BCUT2D eigenvalue weighted by Gasteiger charge is -2.25. The summed E-state index contributed by atoms with van der Waals surface area (Å²) in [6.45, 7) is 1.02. The summed E-state index contributed by atoms with van der Waals surface area (Å²) in [7, 11) is 0. The van der Waals surface area contributed by atoms with Gasteiger partial charge in [0, 0.05) is 0 Å². The normalized spacial score (nSPS) is 16.7. The Kier molecular flexibility index (Phi) is 4.03. The minimum Gasteiger partial charge on any atom is -0.338 e. The molecule has 4 nitrogen and oxygen atoms in total. The fourth-order valence-electron chi connectivity index (χ4n) is 3.14. The molecule has 1 N–H and O–H groups in total. The predicted octanol–water partition coefficient (Wildman–Crippen LogP) is 2.65. The summed E-state index contributed by atoms with van der Waals surface area (Å²) in [6.07, 6.45) is 9.77. The van der Waals surface area contributed by atoms with Gasteiger partial charge in [-0.15, -0.1) is 6.42 Å². The number of nitrogens with one attached hydrogen (secondary N) is 1. The molecule has 3 rings (SSSR count). The van der Waals surface area contributed by atoms with Crippen LogP contribution in [-0.4, -0.2) is 16.7 Å². The van der Waals surface area contributed by atoms with Crippen molar-refractivity contribution in [2.24, 2.45) is 0 Å². The quantitative estimate of drug-likeness (QED) is 0.676. The Balaban J connectivity index is 1.87. The van der Waals surface area contributed by atoms with Gasteiger partial charge in [0.1, 0.15) is 0 Å². The summed E-state index contributed by atoms with van der Waals surface area (Å²) in [5.41, 5.74) is 1.20. The third-order valence-electron chi connectivity index (χ3n) is 4.18. The zero-order valence-corrected chi connectivity index (χ0v) is 12.0. The Morgan fingerprint density at radius 3 is 2.71 bits per heavy atom. The lowest BCUT2D eigenvalue weighted by Crippen LogP contribution is -2.25. The molecule has 1 aliphatic rings. The van der Waals surface area contributed by atoms with Gasteiger partial charge in [-0.25, -0.2) is 0 Å². The van der Waals surface area contributed by atoms with E-state index in [2.05, 4.69) is 45.6 Å². The molecule has 108 valence electrons. The number of hydrogen-bond donors (Lipinski definition) is 1. The molecule has 0 unspecified atom stereocenters. The van der Waals surface area contributed by atoms with Crippen LogP contribution in [0.4, 0.5) is 0 Å². The van der Waals surface area contributed by atoms with E-state index >= 15 is 0 Å². The molecule has 0 aliphatic heterocycles. The summed E-state index contributed by atoms with van der Waals surface area (Å²) in [6, 6.07) is 10.5. The van der Waals surface area contributed by atoms with Crippen LogP contribution in [0.15, 0.2) is 34.9 Å². The van der Waals surface area contributed by atoms with Crippen LogP contribution in [0.2, 0.25) is 0 Å². The first-order chi connectivity index (χ1) is 10.3. The average molecular weight is 281 g/mol. The minimum absolute atomic E-state index is 0.0882. The molecule has 21 heavy (non-hydrogen) atoms. The standard InChI is InChI=1S/C17H19N3O/c1-2-12-18-13-15-19-16(20-21-15)17(10-6-7-11-17)14-8-4-3-5-9-14/h1,3-5,8-9,18H,6-7,10-13H2. The van der Waals surface area contributed by atoms with Crippen LogP contribution in [0.3, 0.4) is 0 Å². The van der Waals surface area contributed by atoms with Crippen LogP contribution in [0.1, 0.15) is 43.0 Å². The SMILES string of the molecule is C#CCNCc1nc(C2(c3ccccc3)CCCC2)no1. The van der Waals surface area contributed by atoms with Crippen LogP contribution in [0, 0.1) is 12.3 Å². The number of nitrogens with zero attached hydrogens (tertiary/aromatic N) is 2. The molecule has 0 saturated heterocycles. The van der Waals surface area contributed by atoms with E-state index in [-0.39, 0.29) is 5.41 Å². The number of rotatable bonds is 5. The zero-order chi connectivity index (χ0) is 14.5. The van der Waals surface area contributed by atoms with Gasteiger partial charge in [0.05, 0.1) is 18.5 Å². The van der Waals surface area contributed by atoms with Crippen LogP contribution < -0.4 is 5.32 Å². The number of benzene rings is 1. The molecule has 0 amide bonds. The van der Waals surface area contributed by atoms with E-state index in [1.165, 1.54) is 18.4 Å². The fourth-order valence-corrected chi connectivity index (χ4v) is 3.14. The zero-order valence-electron chi connectivity index (χ0n) is 12.0. The third kappa shape index (κ3) is 2.70. The molecular formula is C17H19N3O. The second-order valence-corrected chi connectivity index (χ2v) is 5.47. The number of terminal acetylenes is 1. The molecule has 1 saturated carbocycles. The first-order valence-electron chi connectivity index (χ1n) is 7.38. The van der Waals surface area contributed by atoms with Crippen LogP contribution >= 0.6 is 0 Å². The maximum Gasteiger partial charge on any atom is 0.240 e. The summed E-state index contributed by atoms with van der Waals surface area (Å²) >= 11 is 0. The second kappa shape index (κ2) is 6.11. The van der Waals surface area contributed by atoms with Gasteiger partial charge < -0.3 is 4.52 Å². The van der Waals surface area contributed by atoms with E-state index < -0.39 is 0 Å². The van der Waals surface area contributed by atoms with Gasteiger partial charge >= 0.3 is 0 Å². The third-order valence-corrected chi connectivity index (χ3v) is 4.18. The number of hydrogen-bond acceptors (Lipinski definition) is 4. The topological polar surface area (TPSA) is 51.0 Å². The van der Waals surface area contributed by atoms with Crippen molar-refractivity contribution in [2.45, 2.75) is 37.6 Å². The van der Waals surface area contributed by atoms with Crippen molar-refractivity contribution in [1.29, 1.82) is 0 Å². The maximum atomic E-state index is 5.38. The lowest BCUT2D eigenvalue weighted by molar-refractivity contribution is 0.354. The monoisotopic (exact) mass is 281 g/mol. The summed E-state index contributed by atoms with van der Waals surface area (Å²) in [4.78, 5) is 4.60. The molecule has 1 fully saturated rings. The van der Waals surface area contributed by atoms with Crippen molar-refractivity contribution in [3.8, 4) is 12.3 Å². The number of aromatic nitrogens is 2. The van der Waals surface area contributed by atoms with Crippen molar-refractivity contribution < 1.29 is 4.52 Å². The molecule has 0 atom stereocenters. The molecule has 4 heteroatoms. The maximum absolute atomic E-state index is 5.38. The van der Waals surface area contributed by atoms with Crippen molar-refractivity contribution in [1.82, 2.24) is 15.5 Å². The van der Waals surface area contributed by atoms with E-state index in [1.807, 2.05) is 6.07 Å². The molecule has 1 aromatic carbocycles. The first-order valence-corrected chi connectivity index (χ1v) is 7.38. The molecular weight excluding hydrogens is 262 g/mol. The molecule has 2 aromatic rings. The summed E-state index contributed by atoms with van der Waals surface area (Å²) in [5.74, 6) is 3.94. The minimum atomic E-state index is -0.0882. The van der Waals surface area contributed by atoms with Crippen molar-refractivity contribution in [3.63, 3.8) is 0 Å². The predicted molar refractivity (Wildman–Crippen MR) is 80.5 cm³/mol. The van der Waals surface area contributed by atoms with Gasteiger partial charge in [-0.1, -0.05) is 54.3 Å². The highest BCUT2D eigenvalue weighted by atomic mass is 16.5. The lowest BCUT2D eigenvalue weighted by atomic mass is 9.78. The summed E-state index contributed by atoms with van der Waals surface area (Å²) in [5, 5.41) is 7.32. The van der Waals surface area contributed by atoms with Crippen molar-refractivity contribution in [3.05, 3.63) is 47.6 Å². The Morgan fingerprint density at radius 2 is 2.00 bits per heavy atom. The van der Waals surface area contributed by atoms with E-state index in [4.69, 9.17) is 10.9 Å². The Bertz CT molecular complexity index is 621. The molecule has 0 spiro atoms. The van der Waals surface area contributed by atoms with E-state index in [9.17, 15) is 0 Å². The molecule has 0 bridgehead atoms. The first kappa shape index (κ1) is 13.8. The van der Waals surface area contributed by atoms with E-state index in [0.717, 1.165) is 18.7 Å². The highest BCUT2D eigenvalue weighted by molar-refractivity contribution is 5.33. The van der Waals surface area contributed by atoms with Gasteiger partial charge in [-0.2, -0.15) is 4.98 Å². The van der Waals surface area contributed by atoms with Crippen LogP contribution in [0.5, 0.6) is 0 Å². The van der Waals surface area contributed by atoms with Gasteiger partial charge in [0.2, 0.25) is 5.89 Å². The van der Waals surface area contributed by atoms with Gasteiger partial charge in [-0.05, 0) is 18.4 Å². The molecule has 1 aromatic heterocycles. The fraction of sp³-hybridized carbons (Fsp3) is 0.412. The Hall–Kier alpha value is -2.12. The van der Waals surface area contributed by atoms with Crippen LogP contribution in [-0.2, 0) is 12.0 Å². The van der Waals surface area contributed by atoms with E-state index in [0.29, 0.717) is 19.0 Å². The Morgan fingerprint density at radius 1 is 1.24 bits per heavy atom. The average Bonchev–Trinajstić information content (AvgIpc) is 3.18. The highest BCUT2D eigenvalue weighted by Crippen LogP contribution is 2.44. The largest absolute Gasteiger partial charge is 0.338 e. The van der Waals surface area contributed by atoms with Crippen molar-refractivity contribution in [2.75, 3.05) is 6.54 Å².